The van der Waals surface area contributed by atoms with E-state index in [9.17, 15) is 4.39 Å². The molecular weight excluding hydrogens is 217 g/mol. The van der Waals surface area contributed by atoms with Gasteiger partial charge in [0.2, 0.25) is 0 Å². The van der Waals surface area contributed by atoms with Crippen molar-refractivity contribution in [2.45, 2.75) is 33.2 Å². The Hall–Kier alpha value is -1.09. The predicted octanol–water partition coefficient (Wildman–Crippen LogP) is 3.36. The van der Waals surface area contributed by atoms with E-state index in [1.54, 1.807) is 0 Å². The molecule has 2 nitrogen and oxygen atoms in total. The molecule has 0 aromatic heterocycles. The summed E-state index contributed by atoms with van der Waals surface area (Å²) in [6.45, 7) is 5.68. The maximum absolute atomic E-state index is 13.3. The van der Waals surface area contributed by atoms with Crippen molar-refractivity contribution in [3.63, 3.8) is 0 Å². The van der Waals surface area contributed by atoms with Crippen LogP contribution in [0.3, 0.4) is 0 Å². The standard InChI is InChI=1S/C14H22FNO/c1-11(2)5-4-6-17-14-8-12(10-16-3)7-13(15)9-14/h7-9,11,16H,4-6,10H2,1-3H3. The summed E-state index contributed by atoms with van der Waals surface area (Å²) in [4.78, 5) is 0. The van der Waals surface area contributed by atoms with E-state index in [1.807, 2.05) is 13.1 Å². The van der Waals surface area contributed by atoms with E-state index in [4.69, 9.17) is 4.74 Å². The lowest BCUT2D eigenvalue weighted by atomic mass is 10.1. The number of ether oxygens (including phenoxy) is 1. The normalized spacial score (nSPS) is 10.9. The molecule has 0 saturated carbocycles. The van der Waals surface area contributed by atoms with Crippen LogP contribution >= 0.6 is 0 Å². The van der Waals surface area contributed by atoms with Crippen LogP contribution in [0.25, 0.3) is 0 Å². The number of nitrogens with one attached hydrogen (secondary N) is 1. The fourth-order valence-corrected chi connectivity index (χ4v) is 1.69. The Morgan fingerprint density at radius 3 is 2.71 bits per heavy atom. The molecule has 0 radical (unpaired) electrons. The Bertz CT molecular complexity index is 339. The molecule has 1 aromatic carbocycles. The monoisotopic (exact) mass is 239 g/mol. The molecule has 0 aliphatic carbocycles. The van der Waals surface area contributed by atoms with Crippen molar-refractivity contribution in [2.75, 3.05) is 13.7 Å². The number of hydrogen-bond donors (Lipinski definition) is 1. The lowest BCUT2D eigenvalue weighted by molar-refractivity contribution is 0.296. The van der Waals surface area contributed by atoms with Gasteiger partial charge in [-0.2, -0.15) is 0 Å². The van der Waals surface area contributed by atoms with E-state index in [2.05, 4.69) is 19.2 Å². The Balaban J connectivity index is 2.46. The summed E-state index contributed by atoms with van der Waals surface area (Å²) in [7, 11) is 1.84. The third-order valence-corrected chi connectivity index (χ3v) is 2.51. The molecule has 0 aliphatic rings. The molecule has 1 aromatic rings. The molecule has 3 heteroatoms. The van der Waals surface area contributed by atoms with E-state index in [-0.39, 0.29) is 5.82 Å². The van der Waals surface area contributed by atoms with Crippen molar-refractivity contribution >= 4 is 0 Å². The van der Waals surface area contributed by atoms with Crippen molar-refractivity contribution in [2.24, 2.45) is 5.92 Å². The van der Waals surface area contributed by atoms with Gasteiger partial charge >= 0.3 is 0 Å². The average Bonchev–Trinajstić information content (AvgIpc) is 2.24. The van der Waals surface area contributed by atoms with Crippen LogP contribution in [0.1, 0.15) is 32.3 Å². The first kappa shape index (κ1) is 14.0. The molecule has 1 rings (SSSR count). The van der Waals surface area contributed by atoms with E-state index >= 15 is 0 Å². The molecule has 1 N–H and O–H groups in total. The van der Waals surface area contributed by atoms with Gasteiger partial charge in [-0.25, -0.2) is 4.39 Å². The van der Waals surface area contributed by atoms with Crippen LogP contribution in [0.5, 0.6) is 5.75 Å². The van der Waals surface area contributed by atoms with Crippen molar-refractivity contribution in [1.82, 2.24) is 5.32 Å². The highest BCUT2D eigenvalue weighted by molar-refractivity contribution is 5.29. The van der Waals surface area contributed by atoms with Crippen LogP contribution in [0.4, 0.5) is 4.39 Å². The van der Waals surface area contributed by atoms with Crippen LogP contribution in [-0.2, 0) is 6.54 Å². The Morgan fingerprint density at radius 2 is 2.06 bits per heavy atom. The van der Waals surface area contributed by atoms with Crippen molar-refractivity contribution in [1.29, 1.82) is 0 Å². The quantitative estimate of drug-likeness (QED) is 0.737. The van der Waals surface area contributed by atoms with Crippen LogP contribution in [-0.4, -0.2) is 13.7 Å². The maximum Gasteiger partial charge on any atom is 0.127 e. The topological polar surface area (TPSA) is 21.3 Å². The van der Waals surface area contributed by atoms with Crippen LogP contribution in [0.2, 0.25) is 0 Å². The lowest BCUT2D eigenvalue weighted by Crippen LogP contribution is -2.06. The fourth-order valence-electron chi connectivity index (χ4n) is 1.69. The molecule has 96 valence electrons. The van der Waals surface area contributed by atoms with Crippen molar-refractivity contribution < 1.29 is 9.13 Å². The number of benzene rings is 1. The highest BCUT2D eigenvalue weighted by Gasteiger charge is 2.02. The summed E-state index contributed by atoms with van der Waals surface area (Å²) >= 11 is 0. The first-order valence-corrected chi connectivity index (χ1v) is 6.18. The molecule has 0 unspecified atom stereocenters. The first-order valence-electron chi connectivity index (χ1n) is 6.18. The van der Waals surface area contributed by atoms with Crippen molar-refractivity contribution in [3.05, 3.63) is 29.6 Å². The highest BCUT2D eigenvalue weighted by atomic mass is 19.1. The van der Waals surface area contributed by atoms with Crippen molar-refractivity contribution in [3.8, 4) is 5.75 Å². The second-order valence-electron chi connectivity index (χ2n) is 4.71. The van der Waals surface area contributed by atoms with Gasteiger partial charge in [-0.05, 0) is 43.5 Å². The number of rotatable bonds is 7. The second-order valence-corrected chi connectivity index (χ2v) is 4.71. The Labute approximate surface area is 103 Å². The van der Waals surface area contributed by atoms with Gasteiger partial charge in [0.1, 0.15) is 11.6 Å². The smallest absolute Gasteiger partial charge is 0.127 e. The summed E-state index contributed by atoms with van der Waals surface area (Å²) in [5, 5.41) is 3.00. The predicted molar refractivity (Wildman–Crippen MR) is 68.7 cm³/mol. The van der Waals surface area contributed by atoms with Gasteiger partial charge in [0.25, 0.3) is 0 Å². The molecule has 0 aliphatic heterocycles. The summed E-state index contributed by atoms with van der Waals surface area (Å²) in [6, 6.07) is 4.85. The SMILES string of the molecule is CNCc1cc(F)cc(OCCCC(C)C)c1. The minimum atomic E-state index is -0.239. The summed E-state index contributed by atoms with van der Waals surface area (Å²) in [5.41, 5.74) is 0.909. The maximum atomic E-state index is 13.3. The summed E-state index contributed by atoms with van der Waals surface area (Å²) < 4.78 is 18.8. The first-order chi connectivity index (χ1) is 8.11. The molecule has 0 fully saturated rings. The van der Waals surface area contributed by atoms with E-state index in [1.165, 1.54) is 12.1 Å². The lowest BCUT2D eigenvalue weighted by Gasteiger charge is -2.09. The Kier molecular flexibility index (Phi) is 5.98. The highest BCUT2D eigenvalue weighted by Crippen LogP contribution is 2.17. The van der Waals surface area contributed by atoms with Gasteiger partial charge in [0, 0.05) is 12.6 Å². The summed E-state index contributed by atoms with van der Waals surface area (Å²) in [6.07, 6.45) is 2.15. The Morgan fingerprint density at radius 1 is 1.29 bits per heavy atom. The van der Waals surface area contributed by atoms with Crippen LogP contribution in [0.15, 0.2) is 18.2 Å². The summed E-state index contributed by atoms with van der Waals surface area (Å²) in [5.74, 6) is 1.07. The van der Waals surface area contributed by atoms with E-state index < -0.39 is 0 Å². The van der Waals surface area contributed by atoms with Crippen LogP contribution in [0, 0.1) is 11.7 Å². The van der Waals surface area contributed by atoms with Gasteiger partial charge < -0.3 is 10.1 Å². The molecule has 0 spiro atoms. The molecule has 0 saturated heterocycles. The third kappa shape index (κ3) is 5.68. The molecule has 0 amide bonds. The van der Waals surface area contributed by atoms with Gasteiger partial charge in [0.05, 0.1) is 6.61 Å². The zero-order valence-electron chi connectivity index (χ0n) is 10.9. The minimum Gasteiger partial charge on any atom is -0.493 e. The number of halogens is 1. The van der Waals surface area contributed by atoms with Gasteiger partial charge in [-0.15, -0.1) is 0 Å². The second kappa shape index (κ2) is 7.28. The van der Waals surface area contributed by atoms with E-state index in [0.717, 1.165) is 18.4 Å². The zero-order valence-corrected chi connectivity index (χ0v) is 10.9. The van der Waals surface area contributed by atoms with Gasteiger partial charge in [0.15, 0.2) is 0 Å². The van der Waals surface area contributed by atoms with Crippen LogP contribution < -0.4 is 10.1 Å². The average molecular weight is 239 g/mol. The zero-order chi connectivity index (χ0) is 12.7. The van der Waals surface area contributed by atoms with Gasteiger partial charge in [-0.3, -0.25) is 0 Å². The molecule has 17 heavy (non-hydrogen) atoms. The van der Waals surface area contributed by atoms with E-state index in [0.29, 0.717) is 24.8 Å². The number of hydrogen-bond acceptors (Lipinski definition) is 2. The fraction of sp³-hybridized carbons (Fsp3) is 0.571. The minimum absolute atomic E-state index is 0.239. The third-order valence-electron chi connectivity index (χ3n) is 2.51. The molecule has 0 bridgehead atoms. The van der Waals surface area contributed by atoms with Gasteiger partial charge in [-0.1, -0.05) is 13.8 Å². The largest absolute Gasteiger partial charge is 0.493 e. The molecule has 0 atom stereocenters. The molecule has 0 heterocycles. The molecular formula is C14H22FNO.